The zero-order chi connectivity index (χ0) is 20.1. The summed E-state index contributed by atoms with van der Waals surface area (Å²) in [6, 6.07) is 15.6. The van der Waals surface area contributed by atoms with E-state index in [0.717, 1.165) is 29.7 Å². The van der Waals surface area contributed by atoms with Crippen LogP contribution in [0.25, 0.3) is 17.3 Å². The van der Waals surface area contributed by atoms with Crippen LogP contribution in [0.15, 0.2) is 66.3 Å². The predicted octanol–water partition coefficient (Wildman–Crippen LogP) is 4.15. The van der Waals surface area contributed by atoms with Crippen molar-refractivity contribution in [1.82, 2.24) is 19.5 Å². The van der Waals surface area contributed by atoms with Gasteiger partial charge in [-0.1, -0.05) is 43.2 Å². The molecule has 2 heterocycles. The number of pyridine rings is 1. The Kier molecular flexibility index (Phi) is 5.87. The van der Waals surface area contributed by atoms with Gasteiger partial charge in [-0.25, -0.2) is 13.1 Å². The second kappa shape index (κ2) is 8.71. The number of hydrogen-bond acceptors (Lipinski definition) is 4. The number of benzene rings is 1. The van der Waals surface area contributed by atoms with Crippen molar-refractivity contribution in [3.05, 3.63) is 77.6 Å². The van der Waals surface area contributed by atoms with Crippen LogP contribution in [0.3, 0.4) is 0 Å². The van der Waals surface area contributed by atoms with Gasteiger partial charge in [0, 0.05) is 23.4 Å². The molecule has 0 spiro atoms. The highest BCUT2D eigenvalue weighted by Crippen LogP contribution is 2.33. The van der Waals surface area contributed by atoms with Gasteiger partial charge in [-0.15, -0.1) is 0 Å². The fourth-order valence-electron chi connectivity index (χ4n) is 3.65. The van der Waals surface area contributed by atoms with Gasteiger partial charge in [-0.05, 0) is 42.7 Å². The fraction of sp³-hybridized carbons (Fsp3) is 0.273. The molecular formula is C22H24N4O2S. The van der Waals surface area contributed by atoms with E-state index in [-0.39, 0.29) is 6.54 Å². The Morgan fingerprint density at radius 3 is 2.52 bits per heavy atom. The first-order chi connectivity index (χ1) is 14.1. The van der Waals surface area contributed by atoms with Gasteiger partial charge in [-0.2, -0.15) is 5.10 Å². The molecule has 1 aliphatic rings. The lowest BCUT2D eigenvalue weighted by Crippen LogP contribution is -2.21. The van der Waals surface area contributed by atoms with Gasteiger partial charge in [0.15, 0.2) is 0 Å². The fourth-order valence-corrected chi connectivity index (χ4v) is 4.43. The van der Waals surface area contributed by atoms with Gasteiger partial charge in [-0.3, -0.25) is 9.67 Å². The summed E-state index contributed by atoms with van der Waals surface area (Å²) < 4.78 is 29.4. The monoisotopic (exact) mass is 408 g/mol. The second-order valence-electron chi connectivity index (χ2n) is 7.22. The second-order valence-corrected chi connectivity index (χ2v) is 8.87. The molecule has 29 heavy (non-hydrogen) atoms. The Morgan fingerprint density at radius 1 is 1.07 bits per heavy atom. The maximum absolute atomic E-state index is 12.4. The van der Waals surface area contributed by atoms with Crippen LogP contribution in [0.2, 0.25) is 0 Å². The lowest BCUT2D eigenvalue weighted by Gasteiger charge is -2.14. The van der Waals surface area contributed by atoms with Gasteiger partial charge in [0.25, 0.3) is 0 Å². The Labute approximate surface area is 171 Å². The zero-order valence-corrected chi connectivity index (χ0v) is 16.9. The molecule has 0 aliphatic heterocycles. The molecule has 4 rings (SSSR count). The summed E-state index contributed by atoms with van der Waals surface area (Å²) in [5, 5.41) is 5.93. The molecule has 150 valence electrons. The van der Waals surface area contributed by atoms with Crippen molar-refractivity contribution in [2.45, 2.75) is 38.3 Å². The molecule has 0 amide bonds. The van der Waals surface area contributed by atoms with Crippen molar-refractivity contribution >= 4 is 16.1 Å². The van der Waals surface area contributed by atoms with Crippen molar-refractivity contribution in [3.63, 3.8) is 0 Å². The molecule has 0 atom stereocenters. The molecule has 2 aromatic heterocycles. The van der Waals surface area contributed by atoms with Crippen LogP contribution in [0.5, 0.6) is 0 Å². The number of nitrogens with one attached hydrogen (secondary N) is 1. The van der Waals surface area contributed by atoms with Gasteiger partial charge in [0.05, 0.1) is 24.0 Å². The van der Waals surface area contributed by atoms with Crippen LogP contribution in [-0.2, 0) is 16.6 Å². The Morgan fingerprint density at radius 2 is 1.79 bits per heavy atom. The van der Waals surface area contributed by atoms with E-state index in [1.807, 2.05) is 48.5 Å². The molecular weight excluding hydrogens is 384 g/mol. The molecule has 1 N–H and O–H groups in total. The maximum atomic E-state index is 12.4. The van der Waals surface area contributed by atoms with E-state index in [2.05, 4.69) is 14.4 Å². The number of hydrogen-bond donors (Lipinski definition) is 1. The summed E-state index contributed by atoms with van der Waals surface area (Å²) in [5.74, 6) is 0. The number of rotatable bonds is 7. The minimum Gasteiger partial charge on any atom is -0.265 e. The topological polar surface area (TPSA) is 76.9 Å². The Bertz CT molecular complexity index is 1070. The summed E-state index contributed by atoms with van der Waals surface area (Å²) in [4.78, 5) is 4.09. The molecule has 1 saturated carbocycles. The minimum atomic E-state index is -3.56. The molecule has 0 bridgehead atoms. The van der Waals surface area contributed by atoms with Gasteiger partial charge >= 0.3 is 0 Å². The average molecular weight is 409 g/mol. The summed E-state index contributed by atoms with van der Waals surface area (Å²) in [7, 11) is -3.56. The van der Waals surface area contributed by atoms with E-state index in [1.54, 1.807) is 18.5 Å². The molecule has 7 heteroatoms. The summed E-state index contributed by atoms with van der Waals surface area (Å²) in [6.07, 6.45) is 9.71. The standard InChI is InChI=1S/C22H24N4O2S/c27-29(28,15-12-18-6-2-1-3-7-18)24-17-20-16-22(19-10-13-23-14-11-19)26(25-20)21-8-4-5-9-21/h1-3,6-7,10-16,21,24H,4-5,8-9,17H2. The van der Waals surface area contributed by atoms with Gasteiger partial charge in [0.1, 0.15) is 0 Å². The Balaban J connectivity index is 1.52. The van der Waals surface area contributed by atoms with Crippen LogP contribution < -0.4 is 4.72 Å². The Hall–Kier alpha value is -2.77. The van der Waals surface area contributed by atoms with E-state index in [4.69, 9.17) is 5.10 Å². The number of nitrogens with zero attached hydrogens (tertiary/aromatic N) is 3. The average Bonchev–Trinajstić information content (AvgIpc) is 3.42. The summed E-state index contributed by atoms with van der Waals surface area (Å²) in [5.41, 5.74) is 3.59. The summed E-state index contributed by atoms with van der Waals surface area (Å²) in [6.45, 7) is 0.152. The third kappa shape index (κ3) is 4.99. The van der Waals surface area contributed by atoms with Crippen molar-refractivity contribution in [2.75, 3.05) is 0 Å². The molecule has 0 saturated heterocycles. The van der Waals surface area contributed by atoms with E-state index >= 15 is 0 Å². The lowest BCUT2D eigenvalue weighted by molar-refractivity contribution is 0.467. The first kappa shape index (κ1) is 19.5. The number of sulfonamides is 1. The number of aromatic nitrogens is 3. The highest BCUT2D eigenvalue weighted by atomic mass is 32.2. The highest BCUT2D eigenvalue weighted by Gasteiger charge is 2.22. The largest absolute Gasteiger partial charge is 0.265 e. The van der Waals surface area contributed by atoms with Crippen molar-refractivity contribution in [3.8, 4) is 11.3 Å². The van der Waals surface area contributed by atoms with Gasteiger partial charge < -0.3 is 0 Å². The van der Waals surface area contributed by atoms with Crippen molar-refractivity contribution in [2.24, 2.45) is 0 Å². The third-order valence-electron chi connectivity index (χ3n) is 5.13. The SMILES string of the molecule is O=S(=O)(C=Cc1ccccc1)NCc1cc(-c2ccncc2)n(C2CCCC2)n1. The summed E-state index contributed by atoms with van der Waals surface area (Å²) >= 11 is 0. The van der Waals surface area contributed by atoms with Crippen LogP contribution >= 0.6 is 0 Å². The molecule has 1 aliphatic carbocycles. The first-order valence-electron chi connectivity index (χ1n) is 9.82. The highest BCUT2D eigenvalue weighted by molar-refractivity contribution is 7.92. The molecule has 0 radical (unpaired) electrons. The van der Waals surface area contributed by atoms with E-state index in [9.17, 15) is 8.42 Å². The molecule has 3 aromatic rings. The van der Waals surface area contributed by atoms with E-state index < -0.39 is 10.0 Å². The zero-order valence-electron chi connectivity index (χ0n) is 16.1. The molecule has 1 aromatic carbocycles. The predicted molar refractivity (Wildman–Crippen MR) is 114 cm³/mol. The van der Waals surface area contributed by atoms with Crippen molar-refractivity contribution < 1.29 is 8.42 Å². The molecule has 0 unspecified atom stereocenters. The molecule has 6 nitrogen and oxygen atoms in total. The quantitative estimate of drug-likeness (QED) is 0.637. The molecule has 1 fully saturated rings. The smallest absolute Gasteiger partial charge is 0.234 e. The normalized spacial score (nSPS) is 15.3. The van der Waals surface area contributed by atoms with Crippen LogP contribution in [-0.4, -0.2) is 23.2 Å². The van der Waals surface area contributed by atoms with Crippen molar-refractivity contribution in [1.29, 1.82) is 0 Å². The van der Waals surface area contributed by atoms with E-state index in [0.29, 0.717) is 11.7 Å². The lowest BCUT2D eigenvalue weighted by atomic mass is 10.1. The van der Waals surface area contributed by atoms with Crippen LogP contribution in [0, 0.1) is 0 Å². The van der Waals surface area contributed by atoms with Crippen LogP contribution in [0.4, 0.5) is 0 Å². The minimum absolute atomic E-state index is 0.152. The van der Waals surface area contributed by atoms with E-state index in [1.165, 1.54) is 18.2 Å². The third-order valence-corrected chi connectivity index (χ3v) is 6.17. The maximum Gasteiger partial charge on any atom is 0.234 e. The first-order valence-corrected chi connectivity index (χ1v) is 11.4. The van der Waals surface area contributed by atoms with Gasteiger partial charge in [0.2, 0.25) is 10.0 Å². The van der Waals surface area contributed by atoms with Crippen LogP contribution in [0.1, 0.15) is 43.0 Å².